The van der Waals surface area contributed by atoms with Crippen molar-refractivity contribution in [3.05, 3.63) is 35.9 Å². The van der Waals surface area contributed by atoms with Gasteiger partial charge in [0.2, 0.25) is 0 Å². The van der Waals surface area contributed by atoms with E-state index < -0.39 is 6.10 Å². The summed E-state index contributed by atoms with van der Waals surface area (Å²) in [5.41, 5.74) is 7.43. The van der Waals surface area contributed by atoms with Crippen molar-refractivity contribution in [2.75, 3.05) is 19.6 Å². The molecule has 0 unspecified atom stereocenters. The second-order valence-corrected chi connectivity index (χ2v) is 7.27. The molecule has 0 bridgehead atoms. The van der Waals surface area contributed by atoms with Gasteiger partial charge < -0.3 is 15.7 Å². The highest BCUT2D eigenvalue weighted by Crippen LogP contribution is 2.36. The van der Waals surface area contributed by atoms with Gasteiger partial charge in [-0.05, 0) is 43.2 Å². The molecule has 1 saturated heterocycles. The van der Waals surface area contributed by atoms with Crippen molar-refractivity contribution in [2.24, 2.45) is 17.6 Å². The van der Waals surface area contributed by atoms with Crippen LogP contribution in [-0.2, 0) is 6.42 Å². The van der Waals surface area contributed by atoms with E-state index in [4.69, 9.17) is 5.73 Å². The lowest BCUT2D eigenvalue weighted by Crippen LogP contribution is -2.49. The van der Waals surface area contributed by atoms with Crippen LogP contribution in [0.25, 0.3) is 0 Å². The van der Waals surface area contributed by atoms with Crippen molar-refractivity contribution >= 4 is 0 Å². The summed E-state index contributed by atoms with van der Waals surface area (Å²) in [5, 5.41) is 10.5. The molecule has 1 aliphatic carbocycles. The van der Waals surface area contributed by atoms with Crippen LogP contribution < -0.4 is 5.73 Å². The molecule has 122 valence electrons. The van der Waals surface area contributed by atoms with E-state index in [1.165, 1.54) is 44.2 Å². The number of benzene rings is 1. The first-order chi connectivity index (χ1) is 10.7. The lowest BCUT2D eigenvalue weighted by Gasteiger charge is -2.42. The van der Waals surface area contributed by atoms with Gasteiger partial charge >= 0.3 is 0 Å². The Morgan fingerprint density at radius 2 is 1.82 bits per heavy atom. The number of hydrogen-bond acceptors (Lipinski definition) is 3. The lowest BCUT2D eigenvalue weighted by atomic mass is 9.75. The summed E-state index contributed by atoms with van der Waals surface area (Å²) in [4.78, 5) is 2.45. The first-order valence-electron chi connectivity index (χ1n) is 8.92. The number of likely N-dealkylation sites (tertiary alicyclic amines) is 1. The van der Waals surface area contributed by atoms with Crippen molar-refractivity contribution in [1.29, 1.82) is 0 Å². The number of hydrogen-bond donors (Lipinski definition) is 2. The van der Waals surface area contributed by atoms with Crippen LogP contribution in [0, 0.1) is 11.8 Å². The zero-order valence-corrected chi connectivity index (χ0v) is 13.5. The molecule has 0 aromatic heterocycles. The maximum atomic E-state index is 10.5. The minimum atomic E-state index is -0.430. The lowest BCUT2D eigenvalue weighted by molar-refractivity contribution is 0.0374. The topological polar surface area (TPSA) is 49.5 Å². The fourth-order valence-electron chi connectivity index (χ4n) is 4.26. The number of aliphatic hydroxyl groups is 1. The predicted octanol–water partition coefficient (Wildman–Crippen LogP) is 2.43. The van der Waals surface area contributed by atoms with Gasteiger partial charge in [-0.15, -0.1) is 0 Å². The van der Waals surface area contributed by atoms with E-state index in [0.29, 0.717) is 0 Å². The summed E-state index contributed by atoms with van der Waals surface area (Å²) in [6.07, 6.45) is 7.26. The van der Waals surface area contributed by atoms with Crippen LogP contribution in [0.3, 0.4) is 0 Å². The molecule has 1 heterocycles. The van der Waals surface area contributed by atoms with Crippen LogP contribution in [0.2, 0.25) is 0 Å². The van der Waals surface area contributed by atoms with E-state index in [9.17, 15) is 5.11 Å². The highest BCUT2D eigenvalue weighted by Gasteiger charge is 2.32. The number of nitrogens with zero attached hydrogens (tertiary/aromatic N) is 1. The third-order valence-electron chi connectivity index (χ3n) is 5.63. The number of aliphatic hydroxyl groups excluding tert-OH is 1. The van der Waals surface area contributed by atoms with Crippen molar-refractivity contribution in [3.63, 3.8) is 0 Å². The first kappa shape index (κ1) is 16.0. The van der Waals surface area contributed by atoms with Gasteiger partial charge in [0.1, 0.15) is 0 Å². The minimum Gasteiger partial charge on any atom is -0.390 e. The molecule has 1 aromatic rings. The molecule has 22 heavy (non-hydrogen) atoms. The number of piperidine rings is 1. The average Bonchev–Trinajstić information content (AvgIpc) is 2.55. The Balaban J connectivity index is 1.47. The molecule has 4 atom stereocenters. The molecular weight excluding hydrogens is 272 g/mol. The number of nitrogens with two attached hydrogens (primary N) is 1. The van der Waals surface area contributed by atoms with Gasteiger partial charge in [-0.1, -0.05) is 49.6 Å². The van der Waals surface area contributed by atoms with Gasteiger partial charge in [0.15, 0.2) is 0 Å². The maximum absolute atomic E-state index is 10.5. The van der Waals surface area contributed by atoms with E-state index >= 15 is 0 Å². The molecule has 2 fully saturated rings. The highest BCUT2D eigenvalue weighted by molar-refractivity contribution is 5.16. The van der Waals surface area contributed by atoms with E-state index in [-0.39, 0.29) is 6.04 Å². The Morgan fingerprint density at radius 3 is 2.59 bits per heavy atom. The third-order valence-corrected chi connectivity index (χ3v) is 5.63. The van der Waals surface area contributed by atoms with Crippen molar-refractivity contribution in [2.45, 2.75) is 50.7 Å². The summed E-state index contributed by atoms with van der Waals surface area (Å²) in [6, 6.07) is 10.1. The van der Waals surface area contributed by atoms with Crippen molar-refractivity contribution in [3.8, 4) is 0 Å². The molecule has 0 radical (unpaired) electrons. The maximum Gasteiger partial charge on any atom is 0.0820 e. The zero-order chi connectivity index (χ0) is 15.4. The molecular formula is C19H30N2O. The number of rotatable bonds is 5. The Bertz CT molecular complexity index is 450. The van der Waals surface area contributed by atoms with Crippen LogP contribution in [0.1, 0.15) is 37.7 Å². The van der Waals surface area contributed by atoms with Crippen molar-refractivity contribution < 1.29 is 5.11 Å². The Kier molecular flexibility index (Phi) is 5.51. The number of fused-ring (bicyclic) bond motifs is 1. The summed E-state index contributed by atoms with van der Waals surface area (Å²) in [6.45, 7) is 3.04. The third kappa shape index (κ3) is 4.09. The van der Waals surface area contributed by atoms with Crippen LogP contribution in [0.4, 0.5) is 0 Å². The fourth-order valence-corrected chi connectivity index (χ4v) is 4.26. The second-order valence-electron chi connectivity index (χ2n) is 7.27. The second kappa shape index (κ2) is 7.58. The summed E-state index contributed by atoms with van der Waals surface area (Å²) in [7, 11) is 0. The summed E-state index contributed by atoms with van der Waals surface area (Å²) < 4.78 is 0. The Labute approximate surface area is 134 Å². The van der Waals surface area contributed by atoms with E-state index in [2.05, 4.69) is 17.0 Å². The van der Waals surface area contributed by atoms with Crippen molar-refractivity contribution in [1.82, 2.24) is 4.90 Å². The highest BCUT2D eigenvalue weighted by atomic mass is 16.3. The molecule has 3 rings (SSSR count). The largest absolute Gasteiger partial charge is 0.390 e. The van der Waals surface area contributed by atoms with Gasteiger partial charge in [-0.25, -0.2) is 0 Å². The standard InChI is InChI=1S/C19H30N2O/c20-18(12-15-6-2-1-3-7-15)19(22)14-21-11-10-16-8-4-5-9-17(16)13-21/h1-3,6-7,16-19,22H,4-5,8-14,20H2/t16-,17+,18-,19+/m0/s1. The molecule has 3 N–H and O–H groups in total. The van der Waals surface area contributed by atoms with Gasteiger partial charge in [-0.3, -0.25) is 0 Å². The molecule has 2 aliphatic rings. The molecule has 3 nitrogen and oxygen atoms in total. The molecule has 0 amide bonds. The van der Waals surface area contributed by atoms with Gasteiger partial charge in [0.25, 0.3) is 0 Å². The predicted molar refractivity (Wildman–Crippen MR) is 90.6 cm³/mol. The monoisotopic (exact) mass is 302 g/mol. The minimum absolute atomic E-state index is 0.175. The average molecular weight is 302 g/mol. The molecule has 1 saturated carbocycles. The molecule has 1 aliphatic heterocycles. The van der Waals surface area contributed by atoms with Gasteiger partial charge in [0, 0.05) is 19.1 Å². The Morgan fingerprint density at radius 1 is 1.09 bits per heavy atom. The van der Waals surface area contributed by atoms with Gasteiger partial charge in [-0.2, -0.15) is 0 Å². The van der Waals surface area contributed by atoms with Crippen LogP contribution in [0.15, 0.2) is 30.3 Å². The quantitative estimate of drug-likeness (QED) is 0.878. The molecule has 1 aromatic carbocycles. The SMILES string of the molecule is N[C@@H](Cc1ccccc1)[C@H](O)CN1CC[C@@H]2CCCC[C@@H]2C1. The number of β-amino-alcohol motifs (C(OH)–C–C–N with tert-alkyl or cyclic N) is 1. The normalized spacial score (nSPS) is 28.8. The molecule has 3 heteroatoms. The fraction of sp³-hybridized carbons (Fsp3) is 0.684. The van der Waals surface area contributed by atoms with E-state index in [0.717, 1.165) is 31.3 Å². The summed E-state index contributed by atoms with van der Waals surface area (Å²) in [5.74, 6) is 1.81. The van der Waals surface area contributed by atoms with Gasteiger partial charge in [0.05, 0.1) is 6.10 Å². The van der Waals surface area contributed by atoms with Crippen LogP contribution >= 0.6 is 0 Å². The van der Waals surface area contributed by atoms with E-state index in [1.807, 2.05) is 18.2 Å². The van der Waals surface area contributed by atoms with Crippen LogP contribution in [0.5, 0.6) is 0 Å². The van der Waals surface area contributed by atoms with Crippen LogP contribution in [-0.4, -0.2) is 41.8 Å². The summed E-state index contributed by atoms with van der Waals surface area (Å²) >= 11 is 0. The molecule has 0 spiro atoms. The Hall–Kier alpha value is -0.900. The zero-order valence-electron chi connectivity index (χ0n) is 13.5. The smallest absolute Gasteiger partial charge is 0.0820 e. The van der Waals surface area contributed by atoms with E-state index in [1.54, 1.807) is 0 Å². The first-order valence-corrected chi connectivity index (χ1v) is 8.92.